The summed E-state index contributed by atoms with van der Waals surface area (Å²) in [6, 6.07) is 38.2. The van der Waals surface area contributed by atoms with Gasteiger partial charge in [0.15, 0.2) is 0 Å². The molecule has 0 saturated carbocycles. The van der Waals surface area contributed by atoms with E-state index >= 15 is 0 Å². The molecule has 2 aliphatic rings. The SMILES string of the molecule is CC(C)(C)c1cc[c-]cc1.Cc1[c-]c2c(cc1)-c1ccc(C)cc1C2.Cl.Cl.[C-]1=CC=CC1.[CH2]=[Zr].[c-]1ccccc1. The van der Waals surface area contributed by atoms with Gasteiger partial charge in [0.05, 0.1) is 0 Å². The van der Waals surface area contributed by atoms with Gasteiger partial charge in [-0.1, -0.05) is 57.0 Å². The van der Waals surface area contributed by atoms with Crippen LogP contribution in [0.4, 0.5) is 0 Å². The molecule has 4 aromatic rings. The molecule has 0 saturated heterocycles. The van der Waals surface area contributed by atoms with Crippen LogP contribution in [0.2, 0.25) is 0 Å². The van der Waals surface area contributed by atoms with Crippen LogP contribution in [0.15, 0.2) is 103 Å². The molecule has 0 unspecified atom stereocenters. The molecule has 0 fully saturated rings. The van der Waals surface area contributed by atoms with E-state index in [1.807, 2.05) is 54.6 Å². The molecule has 0 amide bonds. The summed E-state index contributed by atoms with van der Waals surface area (Å²) in [5.74, 6) is 0. The van der Waals surface area contributed by atoms with Crippen molar-refractivity contribution >= 4 is 29.0 Å². The van der Waals surface area contributed by atoms with E-state index in [2.05, 4.69) is 112 Å². The summed E-state index contributed by atoms with van der Waals surface area (Å²) in [4.78, 5) is 0. The number of fused-ring (bicyclic) bond motifs is 3. The Morgan fingerprint density at radius 2 is 1.40 bits per heavy atom. The van der Waals surface area contributed by atoms with Gasteiger partial charge in [-0.15, -0.1) is 42.4 Å². The minimum absolute atomic E-state index is 0. The van der Waals surface area contributed by atoms with Gasteiger partial charge >= 0.3 is 28.4 Å². The molecule has 6 rings (SSSR count). The molecular weight excluding hydrogens is 607 g/mol. The predicted octanol–water partition coefficient (Wildman–Crippen LogP) is 10.1. The van der Waals surface area contributed by atoms with E-state index in [9.17, 15) is 0 Å². The van der Waals surface area contributed by atoms with E-state index in [4.69, 9.17) is 0 Å². The van der Waals surface area contributed by atoms with Crippen LogP contribution in [0.5, 0.6) is 0 Å². The summed E-state index contributed by atoms with van der Waals surface area (Å²) in [6.07, 6.45) is 11.0. The Balaban J connectivity index is 0.000000530. The van der Waals surface area contributed by atoms with Gasteiger partial charge in [0.2, 0.25) is 0 Å². The van der Waals surface area contributed by atoms with E-state index in [0.717, 1.165) is 12.8 Å². The molecule has 40 heavy (non-hydrogen) atoms. The van der Waals surface area contributed by atoms with Gasteiger partial charge in [0.25, 0.3) is 0 Å². The van der Waals surface area contributed by atoms with E-state index in [0.29, 0.717) is 0 Å². The third kappa shape index (κ3) is 13.4. The molecule has 0 atom stereocenters. The number of allylic oxidation sites excluding steroid dienone is 4. The third-order valence-electron chi connectivity index (χ3n) is 5.87. The molecule has 0 N–H and O–H groups in total. The van der Waals surface area contributed by atoms with Crippen LogP contribution in [0.3, 0.4) is 0 Å². The molecule has 0 nitrogen and oxygen atoms in total. The number of halogens is 2. The standard InChI is InChI=1S/C15H13.C10H13.C6H5.C5H5.CH2.2ClH.Zr/c1-10-3-5-14-12(7-10)9-13-8-11(2)4-6-15(13)14;1-10(2,3)9-7-5-4-6-8-9;1-2-4-6-5-3-1;1-2-4-5-3-1;;;;/h3-7H,9H2,1-2H3;5-8H,1-3H3;1-5H;1-3H,4H2;1H2;2*1H;/q4*-1;;;;. The summed E-state index contributed by atoms with van der Waals surface area (Å²) in [7, 11) is 0. The minimum atomic E-state index is 0. The van der Waals surface area contributed by atoms with Gasteiger partial charge in [-0.2, -0.15) is 102 Å². The van der Waals surface area contributed by atoms with Crippen LogP contribution >= 0.6 is 24.8 Å². The van der Waals surface area contributed by atoms with Crippen molar-refractivity contribution in [2.45, 2.75) is 52.9 Å². The average Bonchev–Trinajstić information content (AvgIpc) is 3.63. The van der Waals surface area contributed by atoms with Gasteiger partial charge in [-0.05, 0) is 24.3 Å². The second kappa shape index (κ2) is 20.6. The Morgan fingerprint density at radius 3 is 1.85 bits per heavy atom. The molecule has 0 aliphatic heterocycles. The number of rotatable bonds is 0. The van der Waals surface area contributed by atoms with Crippen molar-refractivity contribution in [1.82, 2.24) is 0 Å². The summed E-state index contributed by atoms with van der Waals surface area (Å²) >= 11 is 1.30. The molecule has 0 radical (unpaired) electrons. The van der Waals surface area contributed by atoms with Gasteiger partial charge in [-0.25, -0.2) is 12.2 Å². The number of hydrogen-bond donors (Lipinski definition) is 0. The zero-order valence-electron chi connectivity index (χ0n) is 24.3. The fourth-order valence-corrected chi connectivity index (χ4v) is 3.94. The average molecular weight is 647 g/mol. The molecule has 210 valence electrons. The van der Waals surface area contributed by atoms with E-state index < -0.39 is 0 Å². The van der Waals surface area contributed by atoms with Crippen LogP contribution in [0, 0.1) is 38.1 Å². The predicted molar refractivity (Wildman–Crippen MR) is 175 cm³/mol. The van der Waals surface area contributed by atoms with Crippen molar-refractivity contribution in [3.05, 3.63) is 155 Å². The Bertz CT molecular complexity index is 1200. The summed E-state index contributed by atoms with van der Waals surface area (Å²) in [6.45, 7) is 10.9. The third-order valence-corrected chi connectivity index (χ3v) is 5.87. The van der Waals surface area contributed by atoms with Crippen LogP contribution in [-0.4, -0.2) is 4.21 Å². The quantitative estimate of drug-likeness (QED) is 0.147. The first kappa shape index (κ1) is 37.7. The van der Waals surface area contributed by atoms with Crippen LogP contribution in [0.25, 0.3) is 11.1 Å². The maximum atomic E-state index is 3.45. The Hall–Kier alpha value is -2.31. The minimum Gasteiger partial charge on any atom is -0.184 e. The first-order valence-electron chi connectivity index (χ1n) is 12.9. The van der Waals surface area contributed by atoms with Crippen molar-refractivity contribution in [3.8, 4) is 11.1 Å². The molecule has 0 aromatic heterocycles. The summed E-state index contributed by atoms with van der Waals surface area (Å²) in [5.41, 5.74) is 9.79. The van der Waals surface area contributed by atoms with Crippen molar-refractivity contribution < 1.29 is 24.2 Å². The monoisotopic (exact) mass is 644 g/mol. The zero-order valence-corrected chi connectivity index (χ0v) is 28.3. The van der Waals surface area contributed by atoms with Crippen LogP contribution in [0.1, 0.15) is 55.0 Å². The van der Waals surface area contributed by atoms with E-state index in [-0.39, 0.29) is 30.2 Å². The van der Waals surface area contributed by atoms with Crippen molar-refractivity contribution in [1.29, 1.82) is 0 Å². The van der Waals surface area contributed by atoms with Crippen molar-refractivity contribution in [2.24, 2.45) is 0 Å². The Labute approximate surface area is 270 Å². The molecule has 0 heterocycles. The molecule has 4 aromatic carbocycles. The molecule has 3 heteroatoms. The van der Waals surface area contributed by atoms with Gasteiger partial charge in [0, 0.05) is 0 Å². The topological polar surface area (TPSA) is 0 Å². The smallest absolute Gasteiger partial charge is 0.171 e. The molecule has 2 aliphatic carbocycles. The van der Waals surface area contributed by atoms with Crippen LogP contribution in [-0.2, 0) is 36.1 Å². The van der Waals surface area contributed by atoms with Crippen molar-refractivity contribution in [3.63, 3.8) is 0 Å². The fraction of sp³-hybridized carbons (Fsp3) is 0.216. The van der Waals surface area contributed by atoms with E-state index in [1.54, 1.807) is 0 Å². The maximum Gasteiger partial charge on any atom is -0.171 e. The second-order valence-electron chi connectivity index (χ2n) is 9.99. The van der Waals surface area contributed by atoms with Gasteiger partial charge in [0.1, 0.15) is 0 Å². The van der Waals surface area contributed by atoms with Gasteiger partial charge in [-0.3, -0.25) is 6.08 Å². The van der Waals surface area contributed by atoms with Crippen molar-refractivity contribution in [2.75, 3.05) is 0 Å². The Kier molecular flexibility index (Phi) is 19.4. The number of aryl methyl sites for hydroxylation is 2. The number of hydrogen-bond acceptors (Lipinski definition) is 0. The summed E-state index contributed by atoms with van der Waals surface area (Å²) in [5, 5.41) is 0. The normalized spacial score (nSPS) is 11.0. The molecule has 0 spiro atoms. The summed E-state index contributed by atoms with van der Waals surface area (Å²) < 4.78 is 3.34. The largest absolute Gasteiger partial charge is 0.184 e. The van der Waals surface area contributed by atoms with Crippen LogP contribution < -0.4 is 0 Å². The first-order chi connectivity index (χ1) is 18.3. The molecular formula is C37H40Cl2Zr-4. The number of benzene rings is 4. The zero-order chi connectivity index (χ0) is 27.8. The van der Waals surface area contributed by atoms with Gasteiger partial charge < -0.3 is 0 Å². The first-order valence-corrected chi connectivity index (χ1v) is 14.6. The van der Waals surface area contributed by atoms with E-state index in [1.165, 1.54) is 63.2 Å². The molecule has 0 bridgehead atoms. The Morgan fingerprint density at radius 1 is 0.775 bits per heavy atom. The maximum absolute atomic E-state index is 3.45. The second-order valence-corrected chi connectivity index (χ2v) is 9.99. The fourth-order valence-electron chi connectivity index (χ4n) is 3.94.